The number of hydrogen-bond donors (Lipinski definition) is 0. The van der Waals surface area contributed by atoms with Gasteiger partial charge in [0.05, 0.1) is 36.8 Å². The molecule has 1 unspecified atom stereocenters. The van der Waals surface area contributed by atoms with Crippen molar-refractivity contribution in [1.82, 2.24) is 24.5 Å². The average molecular weight is 444 g/mol. The molecule has 0 radical (unpaired) electrons. The van der Waals surface area contributed by atoms with Gasteiger partial charge < -0.3 is 4.74 Å². The fraction of sp³-hybridized carbons (Fsp3) is 0.240. The van der Waals surface area contributed by atoms with Crippen molar-refractivity contribution in [2.45, 2.75) is 26.4 Å². The van der Waals surface area contributed by atoms with Crippen molar-refractivity contribution in [2.24, 2.45) is 14.1 Å². The van der Waals surface area contributed by atoms with Crippen molar-refractivity contribution in [2.75, 3.05) is 0 Å². The quantitative estimate of drug-likeness (QED) is 0.324. The zero-order valence-corrected chi connectivity index (χ0v) is 19.2. The van der Waals surface area contributed by atoms with Gasteiger partial charge in [-0.3, -0.25) is 9.48 Å². The first-order valence-electron chi connectivity index (χ1n) is 10.7. The van der Waals surface area contributed by atoms with Crippen molar-refractivity contribution >= 4 is 0 Å². The van der Waals surface area contributed by atoms with E-state index in [-0.39, 0.29) is 11.5 Å². The van der Waals surface area contributed by atoms with Crippen LogP contribution in [0.3, 0.4) is 0 Å². The molecule has 0 amide bonds. The van der Waals surface area contributed by atoms with E-state index in [0.29, 0.717) is 12.1 Å². The molecule has 8 nitrogen and oxygen atoms in total. The van der Waals surface area contributed by atoms with Crippen molar-refractivity contribution in [1.29, 1.82) is 0 Å². The summed E-state index contributed by atoms with van der Waals surface area (Å²) in [6.07, 6.45) is 12.9. The van der Waals surface area contributed by atoms with E-state index in [1.165, 1.54) is 6.07 Å². The van der Waals surface area contributed by atoms with Gasteiger partial charge in [0.1, 0.15) is 23.7 Å². The van der Waals surface area contributed by atoms with Crippen LogP contribution in [0.4, 0.5) is 0 Å². The molecule has 0 N–H and O–H groups in total. The molecule has 0 aliphatic heterocycles. The van der Waals surface area contributed by atoms with E-state index in [0.717, 1.165) is 28.2 Å². The van der Waals surface area contributed by atoms with Gasteiger partial charge in [0, 0.05) is 25.7 Å². The Morgan fingerprint density at radius 3 is 2.82 bits per heavy atom. The number of nitrogens with zero attached hydrogens (tertiary/aromatic N) is 6. The zero-order chi connectivity index (χ0) is 23.4. The maximum atomic E-state index is 12.5. The van der Waals surface area contributed by atoms with Gasteiger partial charge in [-0.2, -0.15) is 10.2 Å². The lowest BCUT2D eigenvalue weighted by Gasteiger charge is -2.10. The summed E-state index contributed by atoms with van der Waals surface area (Å²) in [5.74, 6) is 0.827. The van der Waals surface area contributed by atoms with E-state index >= 15 is 0 Å². The van der Waals surface area contributed by atoms with E-state index in [9.17, 15) is 4.79 Å². The first kappa shape index (κ1) is 22.1. The summed E-state index contributed by atoms with van der Waals surface area (Å²) in [7, 11) is 3.81. The second kappa shape index (κ2) is 9.60. The minimum atomic E-state index is -0.0938. The van der Waals surface area contributed by atoms with Gasteiger partial charge in [-0.25, -0.2) is 9.25 Å². The molecule has 0 aliphatic rings. The third-order valence-electron chi connectivity index (χ3n) is 5.29. The number of rotatable bonds is 7. The lowest BCUT2D eigenvalue weighted by Crippen LogP contribution is -2.33. The Balaban J connectivity index is 1.60. The lowest BCUT2D eigenvalue weighted by molar-refractivity contribution is -0.663. The molecule has 0 saturated carbocycles. The van der Waals surface area contributed by atoms with Crippen molar-refractivity contribution in [3.8, 4) is 17.1 Å². The number of aromatic nitrogens is 6. The van der Waals surface area contributed by atoms with Crippen LogP contribution in [0.25, 0.3) is 17.1 Å². The molecule has 3 heterocycles. The maximum Gasteiger partial charge on any atom is 0.329 e. The number of allylic oxidation sites excluding steroid dienone is 1. The standard InChI is InChI=1S/C25H27N6O2/c1-5-11-33-18(2)21-14-26-25(29(3)16-21)20-8-6-7-19(12-20)13-23-24(32)9-10-31(28-23)22-15-27-30(4)17-22/h5-12,14-18H,13H2,1-4H3/q+1. The largest absolute Gasteiger partial charge is 0.494 e. The van der Waals surface area contributed by atoms with Crippen LogP contribution in [0.15, 0.2) is 78.4 Å². The SMILES string of the molecule is CC=COC(C)c1cnc(-c2cccc(Cc3nn(-c4cnn(C)c4)ccc3=O)c2)[n+](C)c1. The predicted octanol–water partition coefficient (Wildman–Crippen LogP) is 3.05. The molecule has 8 heteroatoms. The van der Waals surface area contributed by atoms with E-state index in [1.807, 2.05) is 81.4 Å². The monoisotopic (exact) mass is 443 g/mol. The summed E-state index contributed by atoms with van der Waals surface area (Å²) < 4.78 is 11.0. The van der Waals surface area contributed by atoms with E-state index in [4.69, 9.17) is 4.74 Å². The molecule has 33 heavy (non-hydrogen) atoms. The first-order chi connectivity index (χ1) is 15.9. The van der Waals surface area contributed by atoms with Crippen LogP contribution in [0.5, 0.6) is 0 Å². The second-order valence-electron chi connectivity index (χ2n) is 7.89. The highest BCUT2D eigenvalue weighted by Gasteiger charge is 2.17. The molecule has 4 rings (SSSR count). The summed E-state index contributed by atoms with van der Waals surface area (Å²) >= 11 is 0. The highest BCUT2D eigenvalue weighted by molar-refractivity contribution is 5.53. The highest BCUT2D eigenvalue weighted by atomic mass is 16.5. The highest BCUT2D eigenvalue weighted by Crippen LogP contribution is 2.19. The summed E-state index contributed by atoms with van der Waals surface area (Å²) in [6.45, 7) is 3.91. The number of benzene rings is 1. The maximum absolute atomic E-state index is 12.5. The minimum Gasteiger partial charge on any atom is -0.494 e. The Bertz CT molecular complexity index is 1360. The molecule has 4 aromatic rings. The topological polar surface area (TPSA) is 78.7 Å². The second-order valence-corrected chi connectivity index (χ2v) is 7.89. The molecular weight excluding hydrogens is 416 g/mol. The van der Waals surface area contributed by atoms with Crippen molar-refractivity contribution < 1.29 is 9.30 Å². The number of aryl methyl sites for hydroxylation is 2. The van der Waals surface area contributed by atoms with E-state index < -0.39 is 0 Å². The van der Waals surface area contributed by atoms with Crippen LogP contribution in [-0.4, -0.2) is 24.5 Å². The van der Waals surface area contributed by atoms with Crippen molar-refractivity contribution in [3.63, 3.8) is 0 Å². The molecule has 0 saturated heterocycles. The van der Waals surface area contributed by atoms with Gasteiger partial charge in [-0.1, -0.05) is 18.2 Å². The summed E-state index contributed by atoms with van der Waals surface area (Å²) in [4.78, 5) is 17.1. The summed E-state index contributed by atoms with van der Waals surface area (Å²) in [5.41, 5.74) is 4.12. The molecular formula is C25H27N6O2+. The third kappa shape index (κ3) is 5.06. The zero-order valence-electron chi connectivity index (χ0n) is 19.2. The van der Waals surface area contributed by atoms with Crippen molar-refractivity contribution in [3.05, 3.63) is 101 Å². The van der Waals surface area contributed by atoms with Gasteiger partial charge in [-0.05, 0) is 36.5 Å². The van der Waals surface area contributed by atoms with E-state index in [1.54, 1.807) is 28.0 Å². The molecule has 3 aromatic heterocycles. The Kier molecular flexibility index (Phi) is 6.44. The fourth-order valence-corrected chi connectivity index (χ4v) is 3.56. The summed E-state index contributed by atoms with van der Waals surface area (Å²) in [5, 5.41) is 8.71. The lowest BCUT2D eigenvalue weighted by atomic mass is 10.1. The van der Waals surface area contributed by atoms with Gasteiger partial charge in [0.2, 0.25) is 5.43 Å². The average Bonchev–Trinajstić information content (AvgIpc) is 3.25. The Morgan fingerprint density at radius 2 is 2.09 bits per heavy atom. The van der Waals surface area contributed by atoms with Crippen LogP contribution in [0.1, 0.15) is 36.8 Å². The van der Waals surface area contributed by atoms with Crippen LogP contribution in [0.2, 0.25) is 0 Å². The fourth-order valence-electron chi connectivity index (χ4n) is 3.56. The molecule has 1 atom stereocenters. The Morgan fingerprint density at radius 1 is 1.24 bits per heavy atom. The number of ether oxygens (including phenoxy) is 1. The summed E-state index contributed by atoms with van der Waals surface area (Å²) in [6, 6.07) is 9.56. The van der Waals surface area contributed by atoms with Gasteiger partial charge in [0.25, 0.3) is 0 Å². The molecule has 0 aliphatic carbocycles. The van der Waals surface area contributed by atoms with Crippen LogP contribution in [0, 0.1) is 0 Å². The predicted molar refractivity (Wildman–Crippen MR) is 125 cm³/mol. The number of hydrogen-bond acceptors (Lipinski definition) is 5. The van der Waals surface area contributed by atoms with Gasteiger partial charge in [-0.15, -0.1) is 0 Å². The van der Waals surface area contributed by atoms with Gasteiger partial charge in [0.15, 0.2) is 6.20 Å². The van der Waals surface area contributed by atoms with Gasteiger partial charge >= 0.3 is 5.82 Å². The molecule has 168 valence electrons. The first-order valence-corrected chi connectivity index (χ1v) is 10.7. The van der Waals surface area contributed by atoms with Crippen LogP contribution in [-0.2, 0) is 25.3 Å². The Hall–Kier alpha value is -4.07. The molecule has 0 bridgehead atoms. The third-order valence-corrected chi connectivity index (χ3v) is 5.29. The molecule has 0 spiro atoms. The smallest absolute Gasteiger partial charge is 0.329 e. The van der Waals surface area contributed by atoms with E-state index in [2.05, 4.69) is 15.2 Å². The van der Waals surface area contributed by atoms with Crippen LogP contribution < -0.4 is 10.00 Å². The molecule has 1 aromatic carbocycles. The minimum absolute atomic E-state index is 0.0913. The van der Waals surface area contributed by atoms with Crippen LogP contribution >= 0.6 is 0 Å². The Labute approximate surface area is 192 Å². The normalized spacial score (nSPS) is 12.2. The molecule has 0 fully saturated rings.